The lowest BCUT2D eigenvalue weighted by Gasteiger charge is -2.28. The summed E-state index contributed by atoms with van der Waals surface area (Å²) < 4.78 is 11.4. The van der Waals surface area contributed by atoms with Crippen molar-refractivity contribution in [3.8, 4) is 0 Å². The molecular weight excluding hydrogens is 447 g/mol. The Balaban J connectivity index is 0.00000243. The standard InChI is InChI=1S/C18H32N4O3.HI/c1-21(2)16(23)12-20-17(19-11-15-5-3-4-9-25-15)22-8-6-18(13-22)7-10-24-14-18;/h15H,3-14H2,1-2H3,(H,19,20);1H. The van der Waals surface area contributed by atoms with Gasteiger partial charge in [-0.1, -0.05) is 0 Å². The van der Waals surface area contributed by atoms with Gasteiger partial charge < -0.3 is 24.6 Å². The first-order valence-corrected chi connectivity index (χ1v) is 9.51. The zero-order chi connectivity index (χ0) is 17.7. The number of nitrogens with one attached hydrogen (secondary N) is 1. The van der Waals surface area contributed by atoms with Crippen molar-refractivity contribution in [1.29, 1.82) is 0 Å². The average Bonchev–Trinajstić information content (AvgIpc) is 3.25. The summed E-state index contributed by atoms with van der Waals surface area (Å²) in [6.45, 7) is 5.43. The maximum absolute atomic E-state index is 11.9. The topological polar surface area (TPSA) is 66.4 Å². The number of carbonyl (C=O) groups excluding carboxylic acids is 1. The summed E-state index contributed by atoms with van der Waals surface area (Å²) in [6.07, 6.45) is 5.98. The molecule has 0 bridgehead atoms. The number of nitrogens with zero attached hydrogens (tertiary/aromatic N) is 3. The predicted molar refractivity (Wildman–Crippen MR) is 112 cm³/mol. The van der Waals surface area contributed by atoms with Gasteiger partial charge in [0.1, 0.15) is 6.54 Å². The zero-order valence-corrected chi connectivity index (χ0v) is 18.4. The largest absolute Gasteiger partial charge is 0.381 e. The summed E-state index contributed by atoms with van der Waals surface area (Å²) in [5.41, 5.74) is 0.273. The third-order valence-electron chi connectivity index (χ3n) is 5.55. The minimum atomic E-state index is 0. The van der Waals surface area contributed by atoms with Crippen LogP contribution in [-0.2, 0) is 14.3 Å². The number of amides is 1. The molecule has 3 aliphatic heterocycles. The van der Waals surface area contributed by atoms with Crippen LogP contribution in [0.4, 0.5) is 0 Å². The molecule has 3 heterocycles. The number of likely N-dealkylation sites (tertiary alicyclic amines) is 1. The lowest BCUT2D eigenvalue weighted by Crippen LogP contribution is -2.45. The number of halogens is 1. The van der Waals surface area contributed by atoms with E-state index < -0.39 is 0 Å². The first kappa shape index (κ1) is 21.7. The van der Waals surface area contributed by atoms with Crippen molar-refractivity contribution in [2.75, 3.05) is 60.1 Å². The van der Waals surface area contributed by atoms with Crippen LogP contribution in [0.15, 0.2) is 4.99 Å². The van der Waals surface area contributed by atoms with E-state index in [1.54, 1.807) is 19.0 Å². The van der Waals surface area contributed by atoms with Gasteiger partial charge in [0.05, 0.1) is 12.7 Å². The van der Waals surface area contributed by atoms with Gasteiger partial charge >= 0.3 is 0 Å². The highest BCUT2D eigenvalue weighted by Gasteiger charge is 2.42. The maximum atomic E-state index is 11.9. The van der Waals surface area contributed by atoms with E-state index in [1.165, 1.54) is 6.42 Å². The van der Waals surface area contributed by atoms with Crippen LogP contribution in [0.3, 0.4) is 0 Å². The van der Waals surface area contributed by atoms with E-state index in [4.69, 9.17) is 9.47 Å². The van der Waals surface area contributed by atoms with Crippen molar-refractivity contribution < 1.29 is 14.3 Å². The Labute approximate surface area is 173 Å². The lowest BCUT2D eigenvalue weighted by molar-refractivity contribution is -0.127. The highest BCUT2D eigenvalue weighted by atomic mass is 127. The molecule has 0 aromatic heterocycles. The third-order valence-corrected chi connectivity index (χ3v) is 5.55. The molecule has 7 nitrogen and oxygen atoms in total. The molecule has 0 radical (unpaired) electrons. The Morgan fingerprint density at radius 1 is 1.31 bits per heavy atom. The smallest absolute Gasteiger partial charge is 0.243 e. The Morgan fingerprint density at radius 2 is 2.15 bits per heavy atom. The monoisotopic (exact) mass is 480 g/mol. The predicted octanol–water partition coefficient (Wildman–Crippen LogP) is 1.32. The normalized spacial score (nSPS) is 28.9. The lowest BCUT2D eigenvalue weighted by atomic mass is 9.87. The fourth-order valence-electron chi connectivity index (χ4n) is 3.81. The molecular formula is C18H33IN4O3. The molecule has 0 aliphatic carbocycles. The van der Waals surface area contributed by atoms with E-state index in [0.29, 0.717) is 0 Å². The molecule has 1 N–H and O–H groups in total. The second-order valence-electron chi connectivity index (χ2n) is 7.77. The van der Waals surface area contributed by atoms with Gasteiger partial charge in [-0.05, 0) is 32.1 Å². The van der Waals surface area contributed by atoms with E-state index in [0.717, 1.165) is 71.1 Å². The average molecular weight is 480 g/mol. The Hall–Kier alpha value is -0.610. The van der Waals surface area contributed by atoms with E-state index in [2.05, 4.69) is 15.2 Å². The molecule has 3 saturated heterocycles. The molecule has 2 unspecified atom stereocenters. The summed E-state index contributed by atoms with van der Waals surface area (Å²) in [6, 6.07) is 0. The Bertz CT molecular complexity index is 489. The van der Waals surface area contributed by atoms with Gasteiger partial charge in [0, 0.05) is 52.4 Å². The molecule has 0 aromatic carbocycles. The minimum Gasteiger partial charge on any atom is -0.381 e. The molecule has 0 aromatic rings. The summed E-state index contributed by atoms with van der Waals surface area (Å²) >= 11 is 0. The summed E-state index contributed by atoms with van der Waals surface area (Å²) in [5.74, 6) is 0.861. The highest BCUT2D eigenvalue weighted by Crippen LogP contribution is 2.38. The number of guanidine groups is 1. The second kappa shape index (κ2) is 10.1. The molecule has 8 heteroatoms. The van der Waals surface area contributed by atoms with Crippen LogP contribution in [0.1, 0.15) is 32.1 Å². The third kappa shape index (κ3) is 5.69. The van der Waals surface area contributed by atoms with Gasteiger partial charge in [-0.25, -0.2) is 4.99 Å². The van der Waals surface area contributed by atoms with Crippen molar-refractivity contribution in [1.82, 2.24) is 15.1 Å². The SMILES string of the molecule is CN(C)C(=O)CN=C(NCC1CCCCO1)N1CCC2(CCOC2)C1.I. The second-order valence-corrected chi connectivity index (χ2v) is 7.77. The van der Waals surface area contributed by atoms with Crippen LogP contribution in [0.25, 0.3) is 0 Å². The molecule has 2 atom stereocenters. The van der Waals surface area contributed by atoms with Crippen LogP contribution in [0.2, 0.25) is 0 Å². The van der Waals surface area contributed by atoms with Gasteiger partial charge in [0.2, 0.25) is 5.91 Å². The Morgan fingerprint density at radius 3 is 2.81 bits per heavy atom. The first-order valence-electron chi connectivity index (χ1n) is 9.51. The van der Waals surface area contributed by atoms with E-state index in [9.17, 15) is 4.79 Å². The van der Waals surface area contributed by atoms with Gasteiger partial charge in [0.15, 0.2) is 5.96 Å². The van der Waals surface area contributed by atoms with Gasteiger partial charge in [0.25, 0.3) is 0 Å². The van der Waals surface area contributed by atoms with Crippen molar-refractivity contribution in [2.45, 2.75) is 38.2 Å². The van der Waals surface area contributed by atoms with Crippen LogP contribution in [-0.4, -0.2) is 87.9 Å². The Kier molecular flexibility index (Phi) is 8.41. The number of aliphatic imine (C=N–C) groups is 1. The summed E-state index contributed by atoms with van der Waals surface area (Å²) in [7, 11) is 3.53. The molecule has 26 heavy (non-hydrogen) atoms. The number of hydrogen-bond acceptors (Lipinski definition) is 4. The van der Waals surface area contributed by atoms with Gasteiger partial charge in [-0.2, -0.15) is 0 Å². The quantitative estimate of drug-likeness (QED) is 0.374. The zero-order valence-electron chi connectivity index (χ0n) is 16.0. The van der Waals surface area contributed by atoms with Crippen LogP contribution in [0.5, 0.6) is 0 Å². The molecule has 1 amide bonds. The van der Waals surface area contributed by atoms with E-state index >= 15 is 0 Å². The molecule has 1 spiro atoms. The summed E-state index contributed by atoms with van der Waals surface area (Å²) in [4.78, 5) is 20.4. The van der Waals surface area contributed by atoms with Crippen molar-refractivity contribution >= 4 is 35.8 Å². The summed E-state index contributed by atoms with van der Waals surface area (Å²) in [5, 5.41) is 3.47. The van der Waals surface area contributed by atoms with Crippen LogP contribution >= 0.6 is 24.0 Å². The molecule has 150 valence electrons. The molecule has 3 fully saturated rings. The molecule has 3 rings (SSSR count). The fourth-order valence-corrected chi connectivity index (χ4v) is 3.81. The van der Waals surface area contributed by atoms with Crippen molar-refractivity contribution in [3.05, 3.63) is 0 Å². The number of rotatable bonds is 4. The van der Waals surface area contributed by atoms with Crippen molar-refractivity contribution in [3.63, 3.8) is 0 Å². The number of hydrogen-bond donors (Lipinski definition) is 1. The number of carbonyl (C=O) groups is 1. The molecule has 3 aliphatic rings. The highest BCUT2D eigenvalue weighted by molar-refractivity contribution is 14.0. The fraction of sp³-hybridized carbons (Fsp3) is 0.889. The van der Waals surface area contributed by atoms with Crippen molar-refractivity contribution in [2.24, 2.45) is 10.4 Å². The molecule has 0 saturated carbocycles. The number of likely N-dealkylation sites (N-methyl/N-ethyl adjacent to an activating group) is 1. The first-order chi connectivity index (χ1) is 12.1. The van der Waals surface area contributed by atoms with Gasteiger partial charge in [-0.3, -0.25) is 4.79 Å². The van der Waals surface area contributed by atoms with Gasteiger partial charge in [-0.15, -0.1) is 24.0 Å². The van der Waals surface area contributed by atoms with E-state index in [-0.39, 0.29) is 47.9 Å². The van der Waals surface area contributed by atoms with Crippen LogP contribution in [0, 0.1) is 5.41 Å². The number of ether oxygens (including phenoxy) is 2. The van der Waals surface area contributed by atoms with Crippen LogP contribution < -0.4 is 5.32 Å². The maximum Gasteiger partial charge on any atom is 0.243 e. The van der Waals surface area contributed by atoms with E-state index in [1.807, 2.05) is 0 Å². The minimum absolute atomic E-state index is 0.